The summed E-state index contributed by atoms with van der Waals surface area (Å²) in [7, 11) is 0. The molecule has 0 fully saturated rings. The maximum atomic E-state index is 11.2. The Kier molecular flexibility index (Phi) is 4.83. The lowest BCUT2D eigenvalue weighted by molar-refractivity contribution is -0.122. The molecular formula is C9H18BrNO. The van der Waals surface area contributed by atoms with Crippen LogP contribution in [0.2, 0.25) is 0 Å². The first-order valence-corrected chi connectivity index (χ1v) is 5.26. The van der Waals surface area contributed by atoms with Gasteiger partial charge in [0.15, 0.2) is 0 Å². The van der Waals surface area contributed by atoms with Crippen molar-refractivity contribution < 1.29 is 4.79 Å². The van der Waals surface area contributed by atoms with Crippen LogP contribution in [0.5, 0.6) is 0 Å². The number of carbonyl (C=O) groups is 1. The lowest BCUT2D eigenvalue weighted by atomic mass is 10.0. The third-order valence-electron chi connectivity index (χ3n) is 1.93. The lowest BCUT2D eigenvalue weighted by Gasteiger charge is -2.29. The van der Waals surface area contributed by atoms with E-state index < -0.39 is 0 Å². The molecule has 0 spiro atoms. The zero-order valence-corrected chi connectivity index (χ0v) is 9.86. The zero-order valence-electron chi connectivity index (χ0n) is 8.28. The van der Waals surface area contributed by atoms with E-state index in [2.05, 4.69) is 21.2 Å². The van der Waals surface area contributed by atoms with Crippen molar-refractivity contribution in [1.82, 2.24) is 5.32 Å². The summed E-state index contributed by atoms with van der Waals surface area (Å²) in [5, 5.41) is 2.97. The molecule has 2 nitrogen and oxygen atoms in total. The molecule has 1 amide bonds. The highest BCUT2D eigenvalue weighted by Gasteiger charge is 2.24. The van der Waals surface area contributed by atoms with Gasteiger partial charge in [0.05, 0.1) is 0 Å². The molecule has 0 heterocycles. The van der Waals surface area contributed by atoms with Crippen LogP contribution in [0, 0.1) is 0 Å². The number of nitrogens with one attached hydrogen (secondary N) is 1. The van der Waals surface area contributed by atoms with Gasteiger partial charge in [0.25, 0.3) is 0 Å². The van der Waals surface area contributed by atoms with Gasteiger partial charge in [-0.2, -0.15) is 0 Å². The predicted molar refractivity (Wildman–Crippen MR) is 55.5 cm³/mol. The van der Waals surface area contributed by atoms with Gasteiger partial charge >= 0.3 is 0 Å². The largest absolute Gasteiger partial charge is 0.350 e. The van der Waals surface area contributed by atoms with Crippen LogP contribution in [-0.4, -0.2) is 16.3 Å². The fourth-order valence-corrected chi connectivity index (χ4v) is 0.863. The van der Waals surface area contributed by atoms with Gasteiger partial charge in [0, 0.05) is 16.8 Å². The Morgan fingerprint density at radius 2 is 2.08 bits per heavy atom. The molecule has 3 heteroatoms. The number of amides is 1. The van der Waals surface area contributed by atoms with Crippen molar-refractivity contribution in [3.05, 3.63) is 0 Å². The fraction of sp³-hybridized carbons (Fsp3) is 0.889. The first kappa shape index (κ1) is 11.9. The third-order valence-corrected chi connectivity index (χ3v) is 3.08. The molecule has 0 aliphatic heterocycles. The lowest BCUT2D eigenvalue weighted by Crippen LogP contribution is -2.48. The molecule has 1 N–H and O–H groups in total. The molecule has 0 radical (unpaired) electrons. The van der Waals surface area contributed by atoms with Gasteiger partial charge in [-0.1, -0.05) is 29.8 Å². The second kappa shape index (κ2) is 4.85. The van der Waals surface area contributed by atoms with Crippen LogP contribution in [0.1, 0.15) is 40.5 Å². The summed E-state index contributed by atoms with van der Waals surface area (Å²) >= 11 is 3.46. The van der Waals surface area contributed by atoms with E-state index in [9.17, 15) is 4.79 Å². The molecular weight excluding hydrogens is 218 g/mol. The quantitative estimate of drug-likeness (QED) is 0.746. The standard InChI is InChI=1S/C9H18BrNO/c1-5-6-8(12)11-9(3,4)7(2)10/h7H,5-6H2,1-4H3,(H,11,12). The Morgan fingerprint density at radius 1 is 1.58 bits per heavy atom. The van der Waals surface area contributed by atoms with E-state index in [0.717, 1.165) is 6.42 Å². The summed E-state index contributed by atoms with van der Waals surface area (Å²) in [6.45, 7) is 8.07. The van der Waals surface area contributed by atoms with E-state index >= 15 is 0 Å². The Balaban J connectivity index is 3.97. The van der Waals surface area contributed by atoms with Crippen molar-refractivity contribution in [1.29, 1.82) is 0 Å². The fourth-order valence-electron chi connectivity index (χ4n) is 0.748. The summed E-state index contributed by atoms with van der Waals surface area (Å²) in [6.07, 6.45) is 1.52. The second-order valence-electron chi connectivity index (χ2n) is 3.64. The van der Waals surface area contributed by atoms with E-state index in [0.29, 0.717) is 6.42 Å². The minimum absolute atomic E-state index is 0.133. The summed E-state index contributed by atoms with van der Waals surface area (Å²) in [5.41, 5.74) is -0.160. The smallest absolute Gasteiger partial charge is 0.220 e. The molecule has 0 rings (SSSR count). The van der Waals surface area contributed by atoms with Crippen LogP contribution in [0.15, 0.2) is 0 Å². The minimum Gasteiger partial charge on any atom is -0.350 e. The summed E-state index contributed by atoms with van der Waals surface area (Å²) in [6, 6.07) is 0. The van der Waals surface area contributed by atoms with E-state index in [1.165, 1.54) is 0 Å². The Morgan fingerprint density at radius 3 is 2.42 bits per heavy atom. The van der Waals surface area contributed by atoms with Gasteiger partial charge in [-0.25, -0.2) is 0 Å². The van der Waals surface area contributed by atoms with Crippen molar-refractivity contribution in [3.63, 3.8) is 0 Å². The zero-order chi connectivity index (χ0) is 9.78. The Labute approximate surface area is 83.2 Å². The molecule has 0 aromatic carbocycles. The topological polar surface area (TPSA) is 29.1 Å². The Hall–Kier alpha value is -0.0500. The number of rotatable bonds is 4. The van der Waals surface area contributed by atoms with Gasteiger partial charge in [0.2, 0.25) is 5.91 Å². The Bertz CT molecular complexity index is 155. The van der Waals surface area contributed by atoms with Crippen molar-refractivity contribution >= 4 is 21.8 Å². The molecule has 1 atom stereocenters. The molecule has 0 aliphatic rings. The average Bonchev–Trinajstić information content (AvgIpc) is 1.85. The minimum atomic E-state index is -0.160. The van der Waals surface area contributed by atoms with Gasteiger partial charge in [-0.3, -0.25) is 4.79 Å². The van der Waals surface area contributed by atoms with Crippen LogP contribution < -0.4 is 5.32 Å². The van der Waals surface area contributed by atoms with Gasteiger partial charge in [0.1, 0.15) is 0 Å². The highest BCUT2D eigenvalue weighted by atomic mass is 79.9. The highest BCUT2D eigenvalue weighted by Crippen LogP contribution is 2.16. The number of alkyl halides is 1. The van der Waals surface area contributed by atoms with Crippen LogP contribution in [0.3, 0.4) is 0 Å². The third kappa shape index (κ3) is 4.10. The van der Waals surface area contributed by atoms with Crippen LogP contribution in [0.4, 0.5) is 0 Å². The van der Waals surface area contributed by atoms with Gasteiger partial charge in [-0.15, -0.1) is 0 Å². The van der Waals surface area contributed by atoms with E-state index in [1.807, 2.05) is 27.7 Å². The molecule has 0 aromatic rings. The van der Waals surface area contributed by atoms with Crippen LogP contribution in [-0.2, 0) is 4.79 Å². The molecule has 72 valence electrons. The monoisotopic (exact) mass is 235 g/mol. The first-order valence-electron chi connectivity index (χ1n) is 4.35. The van der Waals surface area contributed by atoms with Gasteiger partial charge in [-0.05, 0) is 20.3 Å². The maximum absolute atomic E-state index is 11.2. The molecule has 1 unspecified atom stereocenters. The first-order chi connectivity index (χ1) is 5.40. The van der Waals surface area contributed by atoms with Crippen molar-refractivity contribution in [2.45, 2.75) is 50.9 Å². The average molecular weight is 236 g/mol. The maximum Gasteiger partial charge on any atom is 0.220 e. The molecule has 0 saturated carbocycles. The molecule has 12 heavy (non-hydrogen) atoms. The summed E-state index contributed by atoms with van der Waals surface area (Å²) < 4.78 is 0. The number of hydrogen-bond acceptors (Lipinski definition) is 1. The normalized spacial score (nSPS) is 14.1. The van der Waals surface area contributed by atoms with E-state index in [-0.39, 0.29) is 16.3 Å². The van der Waals surface area contributed by atoms with E-state index in [4.69, 9.17) is 0 Å². The van der Waals surface area contributed by atoms with Crippen molar-refractivity contribution in [2.24, 2.45) is 0 Å². The summed E-state index contributed by atoms with van der Waals surface area (Å²) in [4.78, 5) is 11.5. The van der Waals surface area contributed by atoms with Crippen molar-refractivity contribution in [2.75, 3.05) is 0 Å². The number of halogens is 1. The van der Waals surface area contributed by atoms with E-state index in [1.54, 1.807) is 0 Å². The highest BCUT2D eigenvalue weighted by molar-refractivity contribution is 9.09. The van der Waals surface area contributed by atoms with Crippen molar-refractivity contribution in [3.8, 4) is 0 Å². The SMILES string of the molecule is CCCC(=O)NC(C)(C)C(C)Br. The van der Waals surface area contributed by atoms with Crippen LogP contribution >= 0.6 is 15.9 Å². The van der Waals surface area contributed by atoms with Gasteiger partial charge < -0.3 is 5.32 Å². The number of hydrogen-bond donors (Lipinski definition) is 1. The number of carbonyl (C=O) groups excluding carboxylic acids is 1. The molecule has 0 bridgehead atoms. The van der Waals surface area contributed by atoms with Crippen LogP contribution in [0.25, 0.3) is 0 Å². The molecule has 0 saturated heterocycles. The predicted octanol–water partition coefficient (Wildman–Crippen LogP) is 2.46. The molecule has 0 aromatic heterocycles. The second-order valence-corrected chi connectivity index (χ2v) is 5.01. The molecule has 0 aliphatic carbocycles. The summed E-state index contributed by atoms with van der Waals surface area (Å²) in [5.74, 6) is 0.133.